The van der Waals surface area contributed by atoms with Crippen molar-refractivity contribution in [1.82, 2.24) is 0 Å². The molecule has 0 nitrogen and oxygen atoms in total. The van der Waals surface area contributed by atoms with Gasteiger partial charge in [0.15, 0.2) is 0 Å². The van der Waals surface area contributed by atoms with Crippen LogP contribution >= 0.6 is 0 Å². The van der Waals surface area contributed by atoms with Crippen molar-refractivity contribution in [2.24, 2.45) is 0 Å². The second-order valence-electron chi connectivity index (χ2n) is 11.4. The van der Waals surface area contributed by atoms with E-state index in [2.05, 4.69) is 171 Å². The predicted molar refractivity (Wildman–Crippen MR) is 177 cm³/mol. The zero-order valence-electron chi connectivity index (χ0n) is 23.6. The smallest absolute Gasteiger partial charge is 0.0622 e. The van der Waals surface area contributed by atoms with Gasteiger partial charge >= 0.3 is 0 Å². The van der Waals surface area contributed by atoms with Crippen LogP contribution in [0.1, 0.15) is 27.8 Å². The average molecular weight is 535 g/mol. The quantitative estimate of drug-likeness (QED) is 0.211. The van der Waals surface area contributed by atoms with Gasteiger partial charge in [-0.05, 0) is 79.4 Å². The summed E-state index contributed by atoms with van der Waals surface area (Å²) >= 11 is 0. The third-order valence-corrected chi connectivity index (χ3v) is 9.04. The molecule has 0 heterocycles. The van der Waals surface area contributed by atoms with E-state index in [0.29, 0.717) is 0 Å². The molecule has 7 aromatic carbocycles. The number of benzene rings is 7. The minimum Gasteiger partial charge on any atom is -0.0622 e. The Morgan fingerprint density at radius 3 is 1.71 bits per heavy atom. The van der Waals surface area contributed by atoms with Crippen molar-refractivity contribution in [2.75, 3.05) is 0 Å². The van der Waals surface area contributed by atoms with Crippen LogP contribution in [-0.2, 0) is 5.41 Å². The highest BCUT2D eigenvalue weighted by molar-refractivity contribution is 6.04. The number of hydrogen-bond donors (Lipinski definition) is 0. The highest BCUT2D eigenvalue weighted by Crippen LogP contribution is 2.57. The van der Waals surface area contributed by atoms with Gasteiger partial charge in [0.1, 0.15) is 0 Å². The largest absolute Gasteiger partial charge is 0.0713 e. The SMILES string of the molecule is Cc1ccc(-c2c(-c3ccc4c(c3)C(c3ccccc3)(c3ccccc3)c3ccccc3-4)ccc3ccccc23)cc1. The Bertz CT molecular complexity index is 2030. The number of fused-ring (bicyclic) bond motifs is 4. The molecule has 0 aromatic heterocycles. The van der Waals surface area contributed by atoms with Gasteiger partial charge in [0.25, 0.3) is 0 Å². The molecule has 0 N–H and O–H groups in total. The summed E-state index contributed by atoms with van der Waals surface area (Å²) in [6, 6.07) is 60.5. The third kappa shape index (κ3) is 3.62. The summed E-state index contributed by atoms with van der Waals surface area (Å²) in [4.78, 5) is 0. The molecular weight excluding hydrogens is 504 g/mol. The Balaban J connectivity index is 1.46. The Morgan fingerprint density at radius 2 is 0.976 bits per heavy atom. The second-order valence-corrected chi connectivity index (χ2v) is 11.4. The van der Waals surface area contributed by atoms with Crippen LogP contribution in [0.4, 0.5) is 0 Å². The summed E-state index contributed by atoms with van der Waals surface area (Å²) in [6.45, 7) is 2.15. The van der Waals surface area contributed by atoms with Crippen LogP contribution in [0.3, 0.4) is 0 Å². The number of aryl methyl sites for hydroxylation is 1. The van der Waals surface area contributed by atoms with Gasteiger partial charge in [-0.3, -0.25) is 0 Å². The summed E-state index contributed by atoms with van der Waals surface area (Å²) in [5.74, 6) is 0. The minimum atomic E-state index is -0.411. The fourth-order valence-corrected chi connectivity index (χ4v) is 7.16. The fourth-order valence-electron chi connectivity index (χ4n) is 7.16. The predicted octanol–water partition coefficient (Wildman–Crippen LogP) is 10.8. The molecule has 42 heavy (non-hydrogen) atoms. The van der Waals surface area contributed by atoms with E-state index in [1.165, 1.54) is 72.0 Å². The van der Waals surface area contributed by atoms with Gasteiger partial charge in [0, 0.05) is 0 Å². The minimum absolute atomic E-state index is 0.411. The molecule has 1 aliphatic carbocycles. The summed E-state index contributed by atoms with van der Waals surface area (Å²) < 4.78 is 0. The molecule has 0 heteroatoms. The first-order valence-corrected chi connectivity index (χ1v) is 14.7. The number of rotatable bonds is 4. The normalized spacial score (nSPS) is 13.1. The van der Waals surface area contributed by atoms with Crippen LogP contribution in [0.5, 0.6) is 0 Å². The van der Waals surface area contributed by atoms with E-state index in [1.54, 1.807) is 0 Å². The molecule has 198 valence electrons. The van der Waals surface area contributed by atoms with E-state index in [-0.39, 0.29) is 0 Å². The third-order valence-electron chi connectivity index (χ3n) is 9.04. The summed E-state index contributed by atoms with van der Waals surface area (Å²) in [5, 5.41) is 2.54. The molecule has 0 bridgehead atoms. The van der Waals surface area contributed by atoms with Crippen LogP contribution < -0.4 is 0 Å². The highest BCUT2D eigenvalue weighted by atomic mass is 14.5. The van der Waals surface area contributed by atoms with Crippen molar-refractivity contribution >= 4 is 10.8 Å². The van der Waals surface area contributed by atoms with Gasteiger partial charge in [-0.1, -0.05) is 163 Å². The van der Waals surface area contributed by atoms with Gasteiger partial charge in [-0.2, -0.15) is 0 Å². The van der Waals surface area contributed by atoms with Crippen molar-refractivity contribution in [3.05, 3.63) is 192 Å². The molecule has 0 atom stereocenters. The average Bonchev–Trinajstić information content (AvgIpc) is 3.36. The number of hydrogen-bond acceptors (Lipinski definition) is 0. The highest BCUT2D eigenvalue weighted by Gasteiger charge is 2.46. The Morgan fingerprint density at radius 1 is 0.405 bits per heavy atom. The lowest BCUT2D eigenvalue weighted by Gasteiger charge is -2.34. The molecule has 0 unspecified atom stereocenters. The molecule has 8 rings (SSSR count). The van der Waals surface area contributed by atoms with Gasteiger partial charge < -0.3 is 0 Å². The van der Waals surface area contributed by atoms with Crippen molar-refractivity contribution < 1.29 is 0 Å². The molecule has 7 aromatic rings. The lowest BCUT2D eigenvalue weighted by Crippen LogP contribution is -2.28. The van der Waals surface area contributed by atoms with Crippen molar-refractivity contribution in [1.29, 1.82) is 0 Å². The molecule has 0 amide bonds. The maximum atomic E-state index is 2.47. The van der Waals surface area contributed by atoms with Crippen LogP contribution in [-0.4, -0.2) is 0 Å². The van der Waals surface area contributed by atoms with E-state index in [0.717, 1.165) is 0 Å². The Kier molecular flexibility index (Phi) is 5.69. The standard InChI is InChI=1S/C42H30/c1-29-20-22-31(23-21-29)41-35-17-9-8-12-30(35)24-26-36(41)32-25-27-38-37-18-10-11-19-39(37)42(40(38)28-32,33-13-4-2-5-14-33)34-15-6-3-7-16-34/h2-28H,1H3. The molecule has 0 saturated carbocycles. The Hall–Kier alpha value is -5.20. The first-order chi connectivity index (χ1) is 20.7. The van der Waals surface area contributed by atoms with Crippen molar-refractivity contribution in [3.8, 4) is 33.4 Å². The first kappa shape index (κ1) is 24.6. The molecule has 0 spiro atoms. The van der Waals surface area contributed by atoms with Crippen LogP contribution in [0.15, 0.2) is 164 Å². The summed E-state index contributed by atoms with van der Waals surface area (Å²) in [5.41, 5.74) is 13.7. The van der Waals surface area contributed by atoms with E-state index in [4.69, 9.17) is 0 Å². The maximum absolute atomic E-state index is 2.47. The lowest BCUT2D eigenvalue weighted by atomic mass is 9.67. The van der Waals surface area contributed by atoms with Crippen molar-refractivity contribution in [2.45, 2.75) is 12.3 Å². The molecule has 1 aliphatic rings. The van der Waals surface area contributed by atoms with E-state index in [1.807, 2.05) is 0 Å². The van der Waals surface area contributed by atoms with Crippen molar-refractivity contribution in [3.63, 3.8) is 0 Å². The zero-order chi connectivity index (χ0) is 28.1. The van der Waals surface area contributed by atoms with Gasteiger partial charge in [-0.25, -0.2) is 0 Å². The fraction of sp³-hybridized carbons (Fsp3) is 0.0476. The molecule has 0 fully saturated rings. The molecule has 0 saturated heterocycles. The van der Waals surface area contributed by atoms with E-state index >= 15 is 0 Å². The second kappa shape index (κ2) is 9.72. The topological polar surface area (TPSA) is 0 Å². The monoisotopic (exact) mass is 534 g/mol. The molecular formula is C42H30. The maximum Gasteiger partial charge on any atom is 0.0713 e. The Labute approximate surface area is 247 Å². The van der Waals surface area contributed by atoms with Crippen LogP contribution in [0, 0.1) is 6.92 Å². The van der Waals surface area contributed by atoms with Crippen LogP contribution in [0.25, 0.3) is 44.2 Å². The molecule has 0 aliphatic heterocycles. The van der Waals surface area contributed by atoms with Gasteiger partial charge in [0.2, 0.25) is 0 Å². The van der Waals surface area contributed by atoms with Crippen LogP contribution in [0.2, 0.25) is 0 Å². The van der Waals surface area contributed by atoms with E-state index in [9.17, 15) is 0 Å². The summed E-state index contributed by atoms with van der Waals surface area (Å²) in [7, 11) is 0. The summed E-state index contributed by atoms with van der Waals surface area (Å²) in [6.07, 6.45) is 0. The zero-order valence-corrected chi connectivity index (χ0v) is 23.6. The van der Waals surface area contributed by atoms with Gasteiger partial charge in [-0.15, -0.1) is 0 Å². The van der Waals surface area contributed by atoms with E-state index < -0.39 is 5.41 Å². The lowest BCUT2D eigenvalue weighted by molar-refractivity contribution is 0.769. The van der Waals surface area contributed by atoms with Gasteiger partial charge in [0.05, 0.1) is 5.41 Å². The first-order valence-electron chi connectivity index (χ1n) is 14.7. The molecule has 0 radical (unpaired) electrons.